The van der Waals surface area contributed by atoms with Crippen LogP contribution in [0.2, 0.25) is 0 Å². The number of methoxy groups -OCH3 is 2. The number of ether oxygens (including phenoxy) is 2. The van der Waals surface area contributed by atoms with E-state index in [1.165, 1.54) is 38.6 Å². The first-order valence-corrected chi connectivity index (χ1v) is 13.6. The zero-order valence-corrected chi connectivity index (χ0v) is 22.2. The molecule has 0 aliphatic carbocycles. The molecule has 4 rings (SSSR count). The Morgan fingerprint density at radius 2 is 1.71 bits per heavy atom. The van der Waals surface area contributed by atoms with Crippen LogP contribution in [0.1, 0.15) is 24.1 Å². The molecule has 1 aromatic heterocycles. The van der Waals surface area contributed by atoms with E-state index in [1.807, 2.05) is 0 Å². The quantitative estimate of drug-likeness (QED) is 0.250. The fourth-order valence-electron chi connectivity index (χ4n) is 3.89. The molecular weight excluding hydrogens is 539 g/mol. The molecule has 0 radical (unpaired) electrons. The highest BCUT2D eigenvalue weighted by molar-refractivity contribution is 7.93. The molecule has 0 amide bonds. The van der Waals surface area contributed by atoms with E-state index in [-0.39, 0.29) is 22.9 Å². The van der Waals surface area contributed by atoms with E-state index in [2.05, 4.69) is 10.3 Å². The first-order chi connectivity index (χ1) is 18.1. The number of hydrogen-bond donors (Lipinski definition) is 1. The Hall–Kier alpha value is -3.77. The van der Waals surface area contributed by atoms with Gasteiger partial charge in [0.2, 0.25) is 0 Å². The second kappa shape index (κ2) is 11.3. The Morgan fingerprint density at radius 3 is 2.32 bits per heavy atom. The lowest BCUT2D eigenvalue weighted by Crippen LogP contribution is -2.32. The molecule has 0 aliphatic heterocycles. The van der Waals surface area contributed by atoms with Crippen LogP contribution in [0, 0.1) is 17.5 Å². The molecule has 0 unspecified atom stereocenters. The average molecular weight is 564 g/mol. The molecule has 0 spiro atoms. The summed E-state index contributed by atoms with van der Waals surface area (Å²) >= 11 is 0.993. The molecule has 4 aromatic rings. The molecule has 0 aliphatic rings. The SMILES string of the molecule is COc1ccc(CN(c2nccs2)S(=O)(=O)c2c(F)cc(N[C@@H](C)c3ccccc3F)cc2F)c(OC)c1. The third-order valence-electron chi connectivity index (χ3n) is 5.74. The Labute approximate surface area is 222 Å². The summed E-state index contributed by atoms with van der Waals surface area (Å²) in [5, 5.41) is 4.37. The van der Waals surface area contributed by atoms with Gasteiger partial charge in [-0.05, 0) is 37.3 Å². The molecular formula is C26H24F3N3O4S2. The summed E-state index contributed by atoms with van der Waals surface area (Å²) in [7, 11) is -1.89. The number of thiazole rings is 1. The van der Waals surface area contributed by atoms with Crippen LogP contribution in [0.3, 0.4) is 0 Å². The van der Waals surface area contributed by atoms with Crippen molar-refractivity contribution < 1.29 is 31.1 Å². The van der Waals surface area contributed by atoms with Crippen molar-refractivity contribution in [2.75, 3.05) is 23.8 Å². The Kier molecular flexibility index (Phi) is 8.12. The molecule has 7 nitrogen and oxygen atoms in total. The molecule has 38 heavy (non-hydrogen) atoms. The monoisotopic (exact) mass is 563 g/mol. The zero-order valence-electron chi connectivity index (χ0n) is 20.6. The van der Waals surface area contributed by atoms with Gasteiger partial charge in [-0.15, -0.1) is 11.3 Å². The fraction of sp³-hybridized carbons (Fsp3) is 0.192. The highest BCUT2D eigenvalue weighted by Crippen LogP contribution is 2.35. The van der Waals surface area contributed by atoms with Gasteiger partial charge in [-0.1, -0.05) is 18.2 Å². The van der Waals surface area contributed by atoms with Crippen molar-refractivity contribution in [3.63, 3.8) is 0 Å². The minimum Gasteiger partial charge on any atom is -0.497 e. The van der Waals surface area contributed by atoms with E-state index in [1.54, 1.807) is 36.6 Å². The van der Waals surface area contributed by atoms with E-state index in [9.17, 15) is 12.8 Å². The van der Waals surface area contributed by atoms with E-state index < -0.39 is 38.4 Å². The third kappa shape index (κ3) is 5.55. The summed E-state index contributed by atoms with van der Waals surface area (Å²) in [6.45, 7) is 1.30. The first kappa shape index (κ1) is 27.3. The largest absolute Gasteiger partial charge is 0.497 e. The lowest BCUT2D eigenvalue weighted by molar-refractivity contribution is 0.391. The van der Waals surface area contributed by atoms with Gasteiger partial charge in [0, 0.05) is 34.5 Å². The number of aromatic nitrogens is 1. The van der Waals surface area contributed by atoms with Crippen molar-refractivity contribution in [1.29, 1.82) is 0 Å². The minimum absolute atomic E-state index is 0.0112. The molecule has 0 fully saturated rings. The van der Waals surface area contributed by atoms with Crippen molar-refractivity contribution in [2.45, 2.75) is 24.4 Å². The van der Waals surface area contributed by atoms with Gasteiger partial charge in [-0.2, -0.15) is 0 Å². The summed E-state index contributed by atoms with van der Waals surface area (Å²) in [6, 6.07) is 11.8. The van der Waals surface area contributed by atoms with Crippen LogP contribution in [0.15, 0.2) is 71.1 Å². The average Bonchev–Trinajstić information content (AvgIpc) is 3.41. The molecule has 1 atom stereocenters. The van der Waals surface area contributed by atoms with Crippen molar-refractivity contribution in [3.8, 4) is 11.5 Å². The van der Waals surface area contributed by atoms with E-state index >= 15 is 8.78 Å². The van der Waals surface area contributed by atoms with Crippen LogP contribution < -0.4 is 19.1 Å². The first-order valence-electron chi connectivity index (χ1n) is 11.3. The van der Waals surface area contributed by atoms with Crippen molar-refractivity contribution >= 4 is 32.2 Å². The van der Waals surface area contributed by atoms with Crippen LogP contribution in [0.4, 0.5) is 24.0 Å². The topological polar surface area (TPSA) is 80.8 Å². The third-order valence-corrected chi connectivity index (χ3v) is 8.44. The molecule has 0 saturated carbocycles. The number of nitrogens with one attached hydrogen (secondary N) is 1. The highest BCUT2D eigenvalue weighted by Gasteiger charge is 2.34. The second-order valence-electron chi connectivity index (χ2n) is 8.16. The Morgan fingerprint density at radius 1 is 1.00 bits per heavy atom. The van der Waals surface area contributed by atoms with Gasteiger partial charge < -0.3 is 14.8 Å². The molecule has 0 saturated heterocycles. The van der Waals surface area contributed by atoms with Crippen LogP contribution in [0.5, 0.6) is 11.5 Å². The summed E-state index contributed by atoms with van der Waals surface area (Å²) in [5.41, 5.74) is 0.658. The Bertz CT molecular complexity index is 1510. The van der Waals surface area contributed by atoms with Gasteiger partial charge in [0.1, 0.15) is 29.0 Å². The smallest absolute Gasteiger partial charge is 0.272 e. The fourth-order valence-corrected chi connectivity index (χ4v) is 6.25. The maximum Gasteiger partial charge on any atom is 0.272 e. The van der Waals surface area contributed by atoms with E-state index in [4.69, 9.17) is 9.47 Å². The zero-order chi connectivity index (χ0) is 27.4. The van der Waals surface area contributed by atoms with E-state index in [0.717, 1.165) is 27.8 Å². The number of benzene rings is 3. The maximum absolute atomic E-state index is 15.3. The molecule has 200 valence electrons. The summed E-state index contributed by atoms with van der Waals surface area (Å²) in [5.74, 6) is -2.29. The lowest BCUT2D eigenvalue weighted by Gasteiger charge is -2.24. The number of hydrogen-bond acceptors (Lipinski definition) is 7. The predicted molar refractivity (Wildman–Crippen MR) is 140 cm³/mol. The minimum atomic E-state index is -4.77. The number of rotatable bonds is 10. The van der Waals surface area contributed by atoms with Gasteiger partial charge in [0.15, 0.2) is 10.0 Å². The van der Waals surface area contributed by atoms with Gasteiger partial charge in [-0.3, -0.25) is 0 Å². The molecule has 0 bridgehead atoms. The van der Waals surface area contributed by atoms with Gasteiger partial charge in [0.05, 0.1) is 26.8 Å². The lowest BCUT2D eigenvalue weighted by atomic mass is 10.1. The summed E-state index contributed by atoms with van der Waals surface area (Å²) in [6.07, 6.45) is 1.39. The summed E-state index contributed by atoms with van der Waals surface area (Å²) < 4.78 is 83.5. The van der Waals surface area contributed by atoms with Crippen molar-refractivity contribution in [3.05, 3.63) is 94.8 Å². The predicted octanol–water partition coefficient (Wildman–Crippen LogP) is 6.15. The van der Waals surface area contributed by atoms with Gasteiger partial charge in [0.25, 0.3) is 10.0 Å². The normalized spacial score (nSPS) is 12.2. The van der Waals surface area contributed by atoms with Gasteiger partial charge in [-0.25, -0.2) is 30.9 Å². The number of nitrogens with zero attached hydrogens (tertiary/aromatic N) is 2. The second-order valence-corrected chi connectivity index (χ2v) is 10.8. The van der Waals surface area contributed by atoms with E-state index in [0.29, 0.717) is 17.1 Å². The van der Waals surface area contributed by atoms with Crippen LogP contribution in [0.25, 0.3) is 0 Å². The molecule has 1 N–H and O–H groups in total. The van der Waals surface area contributed by atoms with Crippen LogP contribution in [-0.2, 0) is 16.6 Å². The number of halogens is 3. The summed E-state index contributed by atoms with van der Waals surface area (Å²) in [4.78, 5) is 2.92. The number of sulfonamides is 1. The van der Waals surface area contributed by atoms with Crippen molar-refractivity contribution in [2.24, 2.45) is 0 Å². The maximum atomic E-state index is 15.3. The highest BCUT2D eigenvalue weighted by atomic mass is 32.2. The van der Waals surface area contributed by atoms with Crippen LogP contribution >= 0.6 is 11.3 Å². The molecule has 3 aromatic carbocycles. The Balaban J connectivity index is 1.71. The number of anilines is 2. The van der Waals surface area contributed by atoms with Crippen LogP contribution in [-0.4, -0.2) is 27.6 Å². The molecule has 1 heterocycles. The molecule has 12 heteroatoms. The standard InChI is InChI=1S/C26H24F3N3O4S2/c1-16(20-6-4-5-7-21(20)27)31-18-12-22(28)25(23(29)13-18)38(33,34)32(26-30-10-11-37-26)15-17-8-9-19(35-2)14-24(17)36-3/h4-14,16,31H,15H2,1-3H3/t16-/m0/s1. The van der Waals surface area contributed by atoms with Crippen molar-refractivity contribution in [1.82, 2.24) is 4.98 Å². The van der Waals surface area contributed by atoms with Gasteiger partial charge >= 0.3 is 0 Å².